The maximum absolute atomic E-state index is 13.3. The highest BCUT2D eigenvalue weighted by Crippen LogP contribution is 2.26. The lowest BCUT2D eigenvalue weighted by molar-refractivity contribution is -0.114. The van der Waals surface area contributed by atoms with Gasteiger partial charge in [-0.2, -0.15) is 0 Å². The van der Waals surface area contributed by atoms with Crippen molar-refractivity contribution in [1.82, 2.24) is 0 Å². The predicted octanol–water partition coefficient (Wildman–Crippen LogP) is 4.34. The van der Waals surface area contributed by atoms with Crippen LogP contribution in [-0.2, 0) is 14.8 Å². The second-order valence-electron chi connectivity index (χ2n) is 7.28. The Hall–Kier alpha value is -3.45. The first kappa shape index (κ1) is 22.2. The van der Waals surface area contributed by atoms with E-state index in [1.165, 1.54) is 19.1 Å². The molecule has 0 aromatic heterocycles. The van der Waals surface area contributed by atoms with Crippen LogP contribution < -0.4 is 9.62 Å². The van der Waals surface area contributed by atoms with Crippen LogP contribution in [0.3, 0.4) is 0 Å². The van der Waals surface area contributed by atoms with Crippen molar-refractivity contribution in [2.45, 2.75) is 25.7 Å². The molecular formula is C24H24N2O4S. The number of Topliss-reactive ketones (excluding diaryl/α,β-unsaturated/α-hetero) is 1. The normalized spacial score (nSPS) is 11.1. The summed E-state index contributed by atoms with van der Waals surface area (Å²) < 4.78 is 27.8. The van der Waals surface area contributed by atoms with E-state index in [0.29, 0.717) is 16.9 Å². The number of benzene rings is 3. The number of amides is 1. The van der Waals surface area contributed by atoms with Crippen molar-refractivity contribution in [2.24, 2.45) is 0 Å². The second-order valence-corrected chi connectivity index (χ2v) is 9.14. The Kier molecular flexibility index (Phi) is 6.56. The molecule has 1 N–H and O–H groups in total. The summed E-state index contributed by atoms with van der Waals surface area (Å²) in [4.78, 5) is 24.3. The van der Waals surface area contributed by atoms with Crippen LogP contribution in [0.2, 0.25) is 0 Å². The zero-order valence-electron chi connectivity index (χ0n) is 17.6. The van der Waals surface area contributed by atoms with Gasteiger partial charge in [0.15, 0.2) is 5.78 Å². The van der Waals surface area contributed by atoms with Gasteiger partial charge in [-0.05, 0) is 80.4 Å². The summed E-state index contributed by atoms with van der Waals surface area (Å²) in [5.41, 5.74) is 3.37. The molecule has 0 unspecified atom stereocenters. The Morgan fingerprint density at radius 3 is 2.10 bits per heavy atom. The van der Waals surface area contributed by atoms with Crippen molar-refractivity contribution in [3.05, 3.63) is 89.5 Å². The van der Waals surface area contributed by atoms with Crippen molar-refractivity contribution in [1.29, 1.82) is 0 Å². The maximum Gasteiger partial charge on any atom is 0.264 e. The zero-order valence-corrected chi connectivity index (χ0v) is 18.4. The Morgan fingerprint density at radius 2 is 1.52 bits per heavy atom. The lowest BCUT2D eigenvalue weighted by Gasteiger charge is -2.25. The molecule has 0 heterocycles. The van der Waals surface area contributed by atoms with Crippen molar-refractivity contribution in [2.75, 3.05) is 16.2 Å². The number of nitrogens with one attached hydrogen (secondary N) is 1. The van der Waals surface area contributed by atoms with Crippen LogP contribution in [0.25, 0.3) is 0 Å². The molecule has 0 radical (unpaired) electrons. The van der Waals surface area contributed by atoms with Gasteiger partial charge in [0, 0.05) is 11.3 Å². The Morgan fingerprint density at radius 1 is 0.871 bits per heavy atom. The van der Waals surface area contributed by atoms with E-state index in [9.17, 15) is 18.0 Å². The Bertz CT molecular complexity index is 1200. The number of aryl methyl sites for hydroxylation is 2. The van der Waals surface area contributed by atoms with Crippen LogP contribution in [0.5, 0.6) is 0 Å². The summed E-state index contributed by atoms with van der Waals surface area (Å²) >= 11 is 0. The maximum atomic E-state index is 13.3. The van der Waals surface area contributed by atoms with Crippen LogP contribution in [0.1, 0.15) is 28.4 Å². The first-order chi connectivity index (χ1) is 14.7. The Labute approximate surface area is 182 Å². The third-order valence-corrected chi connectivity index (χ3v) is 6.76. The van der Waals surface area contributed by atoms with Crippen LogP contribution in [0.15, 0.2) is 77.7 Å². The largest absolute Gasteiger partial charge is 0.325 e. The minimum absolute atomic E-state index is 0.0762. The molecule has 7 heteroatoms. The molecule has 0 saturated carbocycles. The molecule has 3 rings (SSSR count). The van der Waals surface area contributed by atoms with E-state index in [2.05, 4.69) is 5.32 Å². The number of hydrogen-bond acceptors (Lipinski definition) is 4. The number of nitrogens with zero attached hydrogens (tertiary/aromatic N) is 1. The van der Waals surface area contributed by atoms with E-state index >= 15 is 0 Å². The molecule has 0 fully saturated rings. The van der Waals surface area contributed by atoms with E-state index < -0.39 is 22.5 Å². The first-order valence-corrected chi connectivity index (χ1v) is 11.2. The highest BCUT2D eigenvalue weighted by Gasteiger charge is 2.27. The molecule has 3 aromatic carbocycles. The third-order valence-electron chi connectivity index (χ3n) is 4.97. The van der Waals surface area contributed by atoms with Gasteiger partial charge in [0.2, 0.25) is 5.91 Å². The molecule has 0 aliphatic carbocycles. The Balaban J connectivity index is 1.91. The molecule has 0 atom stereocenters. The van der Waals surface area contributed by atoms with Crippen LogP contribution in [0, 0.1) is 13.8 Å². The molecule has 0 bridgehead atoms. The van der Waals surface area contributed by atoms with E-state index in [0.717, 1.165) is 15.4 Å². The van der Waals surface area contributed by atoms with E-state index in [4.69, 9.17) is 0 Å². The van der Waals surface area contributed by atoms with Crippen molar-refractivity contribution >= 4 is 33.1 Å². The number of sulfonamides is 1. The third kappa shape index (κ3) is 5.19. The summed E-state index contributed by atoms with van der Waals surface area (Å²) in [7, 11) is -3.96. The predicted molar refractivity (Wildman–Crippen MR) is 122 cm³/mol. The van der Waals surface area contributed by atoms with Crippen molar-refractivity contribution in [3.63, 3.8) is 0 Å². The van der Waals surface area contributed by atoms with Gasteiger partial charge in [-0.25, -0.2) is 8.42 Å². The van der Waals surface area contributed by atoms with Gasteiger partial charge in [-0.3, -0.25) is 13.9 Å². The fourth-order valence-electron chi connectivity index (χ4n) is 3.03. The fraction of sp³-hybridized carbons (Fsp3) is 0.167. The highest BCUT2D eigenvalue weighted by molar-refractivity contribution is 7.92. The molecule has 0 saturated heterocycles. The summed E-state index contributed by atoms with van der Waals surface area (Å²) in [5, 5.41) is 2.70. The summed E-state index contributed by atoms with van der Waals surface area (Å²) in [6.45, 7) is 4.90. The summed E-state index contributed by atoms with van der Waals surface area (Å²) in [5.74, 6) is -0.568. The SMILES string of the molecule is CC(=O)c1ccc(NC(=O)CN(c2ccc(C)c(C)c2)S(=O)(=O)c2ccccc2)cc1. The highest BCUT2D eigenvalue weighted by atomic mass is 32.2. The molecule has 160 valence electrons. The molecule has 0 spiro atoms. The molecular weight excluding hydrogens is 412 g/mol. The molecule has 0 aliphatic heterocycles. The van der Waals surface area contributed by atoms with E-state index in [1.807, 2.05) is 19.9 Å². The topological polar surface area (TPSA) is 83.6 Å². The van der Waals surface area contributed by atoms with Crippen LogP contribution in [0.4, 0.5) is 11.4 Å². The molecule has 3 aromatic rings. The fourth-order valence-corrected chi connectivity index (χ4v) is 4.47. The van der Waals surface area contributed by atoms with E-state index in [1.54, 1.807) is 54.6 Å². The van der Waals surface area contributed by atoms with Crippen molar-refractivity contribution in [3.8, 4) is 0 Å². The minimum atomic E-state index is -3.96. The number of ketones is 1. The number of carbonyl (C=O) groups is 2. The summed E-state index contributed by atoms with van der Waals surface area (Å²) in [6.07, 6.45) is 0. The first-order valence-electron chi connectivity index (χ1n) is 9.74. The molecule has 6 nitrogen and oxygen atoms in total. The molecule has 1 amide bonds. The number of carbonyl (C=O) groups excluding carboxylic acids is 2. The van der Waals surface area contributed by atoms with Gasteiger partial charge in [0.05, 0.1) is 10.6 Å². The monoisotopic (exact) mass is 436 g/mol. The van der Waals surface area contributed by atoms with Gasteiger partial charge in [0.25, 0.3) is 10.0 Å². The molecule has 0 aliphatic rings. The minimum Gasteiger partial charge on any atom is -0.325 e. The van der Waals surface area contributed by atoms with E-state index in [-0.39, 0.29) is 10.7 Å². The second kappa shape index (κ2) is 9.14. The zero-order chi connectivity index (χ0) is 22.6. The van der Waals surface area contributed by atoms with Gasteiger partial charge in [-0.15, -0.1) is 0 Å². The molecule has 31 heavy (non-hydrogen) atoms. The van der Waals surface area contributed by atoms with Crippen LogP contribution >= 0.6 is 0 Å². The van der Waals surface area contributed by atoms with Gasteiger partial charge in [-0.1, -0.05) is 24.3 Å². The quantitative estimate of drug-likeness (QED) is 0.559. The number of hydrogen-bond donors (Lipinski definition) is 1. The van der Waals surface area contributed by atoms with Gasteiger partial charge < -0.3 is 5.32 Å². The standard InChI is InChI=1S/C24H24N2O4S/c1-17-9-14-22(15-18(17)2)26(31(29,30)23-7-5-4-6-8-23)16-24(28)25-21-12-10-20(11-13-21)19(3)27/h4-15H,16H2,1-3H3,(H,25,28). The average molecular weight is 437 g/mol. The summed E-state index contributed by atoms with van der Waals surface area (Å²) in [6, 6.07) is 19.7. The lowest BCUT2D eigenvalue weighted by atomic mass is 10.1. The van der Waals surface area contributed by atoms with Crippen LogP contribution in [-0.4, -0.2) is 26.7 Å². The smallest absolute Gasteiger partial charge is 0.264 e. The van der Waals surface area contributed by atoms with Crippen molar-refractivity contribution < 1.29 is 18.0 Å². The number of rotatable bonds is 7. The van der Waals surface area contributed by atoms with Gasteiger partial charge in [0.1, 0.15) is 6.54 Å². The number of anilines is 2. The lowest BCUT2D eigenvalue weighted by Crippen LogP contribution is -2.38. The van der Waals surface area contributed by atoms with Gasteiger partial charge >= 0.3 is 0 Å². The average Bonchev–Trinajstić information content (AvgIpc) is 2.75.